The predicted octanol–water partition coefficient (Wildman–Crippen LogP) is 6.28. The number of rotatable bonds is 12. The van der Waals surface area contributed by atoms with Crippen molar-refractivity contribution in [1.82, 2.24) is 0 Å². The molecule has 5 nitrogen and oxygen atoms in total. The van der Waals surface area contributed by atoms with Gasteiger partial charge in [0.2, 0.25) is 0 Å². The van der Waals surface area contributed by atoms with E-state index in [1.54, 1.807) is 24.3 Å². The van der Waals surface area contributed by atoms with E-state index >= 15 is 0 Å². The van der Waals surface area contributed by atoms with Gasteiger partial charge >= 0.3 is 11.9 Å². The van der Waals surface area contributed by atoms with E-state index in [9.17, 15) is 9.59 Å². The number of hydrogen-bond donors (Lipinski definition) is 2. The fourth-order valence-electron chi connectivity index (χ4n) is 4.10. The van der Waals surface area contributed by atoms with Crippen LogP contribution in [0.15, 0.2) is 24.3 Å². The van der Waals surface area contributed by atoms with Crippen molar-refractivity contribution < 1.29 is 24.5 Å². The molecule has 0 heterocycles. The lowest BCUT2D eigenvalue weighted by molar-refractivity contribution is 0.0686. The monoisotopic (exact) mass is 426 g/mol. The molecule has 0 spiro atoms. The van der Waals surface area contributed by atoms with Gasteiger partial charge in [-0.1, -0.05) is 25.7 Å². The van der Waals surface area contributed by atoms with E-state index in [-0.39, 0.29) is 0 Å². The van der Waals surface area contributed by atoms with Crippen LogP contribution in [0.4, 0.5) is 0 Å². The average Bonchev–Trinajstić information content (AvgIpc) is 2.69. The summed E-state index contributed by atoms with van der Waals surface area (Å²) in [6.45, 7) is 8.39. The van der Waals surface area contributed by atoms with Crippen LogP contribution in [0, 0.1) is 27.7 Å². The highest BCUT2D eigenvalue weighted by atomic mass is 16.5. The van der Waals surface area contributed by atoms with Crippen LogP contribution in [-0.4, -0.2) is 28.8 Å². The molecule has 5 heteroatoms. The van der Waals surface area contributed by atoms with Gasteiger partial charge in [0.1, 0.15) is 5.75 Å². The summed E-state index contributed by atoms with van der Waals surface area (Å²) in [5.74, 6) is -0.991. The van der Waals surface area contributed by atoms with Crippen molar-refractivity contribution in [1.29, 1.82) is 0 Å². The van der Waals surface area contributed by atoms with Gasteiger partial charge in [0.05, 0.1) is 17.7 Å². The number of ether oxygens (including phenoxy) is 1. The molecule has 2 N–H and O–H groups in total. The Hall–Kier alpha value is -2.82. The maximum atomic E-state index is 11.1. The molecule has 2 aromatic rings. The number of carboxylic acids is 2. The Morgan fingerprint density at radius 2 is 1.10 bits per heavy atom. The van der Waals surface area contributed by atoms with Crippen LogP contribution in [0.3, 0.4) is 0 Å². The molecule has 0 aromatic heterocycles. The fourth-order valence-corrected chi connectivity index (χ4v) is 4.10. The Bertz CT molecular complexity index is 808. The summed E-state index contributed by atoms with van der Waals surface area (Å²) in [6, 6.07) is 6.85. The first-order valence-electron chi connectivity index (χ1n) is 11.0. The largest absolute Gasteiger partial charge is 0.493 e. The Morgan fingerprint density at radius 3 is 1.58 bits per heavy atom. The molecule has 0 unspecified atom stereocenters. The lowest BCUT2D eigenvalue weighted by atomic mass is 9.94. The first-order valence-corrected chi connectivity index (χ1v) is 11.0. The van der Waals surface area contributed by atoms with Crippen LogP contribution < -0.4 is 4.74 Å². The Morgan fingerprint density at radius 1 is 0.677 bits per heavy atom. The van der Waals surface area contributed by atoms with Crippen molar-refractivity contribution in [3.63, 3.8) is 0 Å². The molecular weight excluding hydrogens is 392 g/mol. The van der Waals surface area contributed by atoms with Gasteiger partial charge in [-0.15, -0.1) is 0 Å². The highest BCUT2D eigenvalue weighted by molar-refractivity contribution is 5.89. The van der Waals surface area contributed by atoms with E-state index in [0.717, 1.165) is 66.5 Å². The first-order chi connectivity index (χ1) is 14.7. The highest BCUT2D eigenvalue weighted by Crippen LogP contribution is 2.25. The van der Waals surface area contributed by atoms with E-state index in [0.29, 0.717) is 17.7 Å². The Kier molecular flexibility index (Phi) is 9.10. The Balaban J connectivity index is 1.65. The van der Waals surface area contributed by atoms with Crippen molar-refractivity contribution in [2.75, 3.05) is 6.61 Å². The summed E-state index contributed by atoms with van der Waals surface area (Å²) in [5.41, 5.74) is 5.79. The second-order valence-corrected chi connectivity index (χ2v) is 8.36. The average molecular weight is 427 g/mol. The van der Waals surface area contributed by atoms with Crippen LogP contribution in [0.1, 0.15) is 87.1 Å². The van der Waals surface area contributed by atoms with Gasteiger partial charge < -0.3 is 14.9 Å². The molecular formula is C26H34O5. The predicted molar refractivity (Wildman–Crippen MR) is 123 cm³/mol. The van der Waals surface area contributed by atoms with E-state index in [4.69, 9.17) is 14.9 Å². The summed E-state index contributed by atoms with van der Waals surface area (Å²) in [4.78, 5) is 22.3. The van der Waals surface area contributed by atoms with Gasteiger partial charge in [0, 0.05) is 0 Å². The van der Waals surface area contributed by atoms with Crippen LogP contribution in [0.2, 0.25) is 0 Å². The zero-order valence-corrected chi connectivity index (χ0v) is 19.1. The molecule has 0 saturated heterocycles. The SMILES string of the molecule is Cc1cc(C(=O)O)cc(C)c1CCCCCCCCOc1c(C)cc(C(=O)O)cc1C. The van der Waals surface area contributed by atoms with Crippen molar-refractivity contribution in [3.05, 3.63) is 63.2 Å². The molecule has 0 fully saturated rings. The maximum absolute atomic E-state index is 11.1. The summed E-state index contributed by atoms with van der Waals surface area (Å²) < 4.78 is 5.91. The highest BCUT2D eigenvalue weighted by Gasteiger charge is 2.11. The third-order valence-corrected chi connectivity index (χ3v) is 5.72. The number of benzene rings is 2. The van der Waals surface area contributed by atoms with Gasteiger partial charge in [0.15, 0.2) is 0 Å². The molecule has 0 aliphatic carbocycles. The zero-order chi connectivity index (χ0) is 23.0. The van der Waals surface area contributed by atoms with Crippen molar-refractivity contribution in [3.8, 4) is 5.75 Å². The summed E-state index contributed by atoms with van der Waals surface area (Å²) in [7, 11) is 0. The number of aryl methyl sites for hydroxylation is 4. The van der Waals surface area contributed by atoms with Crippen molar-refractivity contribution >= 4 is 11.9 Å². The maximum Gasteiger partial charge on any atom is 0.335 e. The molecule has 0 saturated carbocycles. The topological polar surface area (TPSA) is 83.8 Å². The molecule has 0 bridgehead atoms. The third-order valence-electron chi connectivity index (χ3n) is 5.72. The summed E-state index contributed by atoms with van der Waals surface area (Å²) >= 11 is 0. The van der Waals surface area contributed by atoms with E-state index in [1.165, 1.54) is 12.0 Å². The van der Waals surface area contributed by atoms with Gasteiger partial charge in [-0.05, 0) is 99.0 Å². The number of unbranched alkanes of at least 4 members (excludes halogenated alkanes) is 5. The minimum absolute atomic E-state index is 0.297. The Labute approximate surface area is 185 Å². The normalized spacial score (nSPS) is 10.8. The molecule has 0 atom stereocenters. The second-order valence-electron chi connectivity index (χ2n) is 8.36. The molecule has 168 valence electrons. The van der Waals surface area contributed by atoms with Gasteiger partial charge in [-0.2, -0.15) is 0 Å². The molecule has 0 aliphatic heterocycles. The number of aromatic carboxylic acids is 2. The van der Waals surface area contributed by atoms with Crippen LogP contribution in [-0.2, 0) is 6.42 Å². The quantitative estimate of drug-likeness (QED) is 0.390. The second kappa shape index (κ2) is 11.5. The zero-order valence-electron chi connectivity index (χ0n) is 19.1. The van der Waals surface area contributed by atoms with E-state index in [2.05, 4.69) is 0 Å². The minimum Gasteiger partial charge on any atom is -0.493 e. The minimum atomic E-state index is -0.916. The van der Waals surface area contributed by atoms with Gasteiger partial charge in [-0.3, -0.25) is 0 Å². The van der Waals surface area contributed by atoms with Crippen molar-refractivity contribution in [2.45, 2.75) is 72.6 Å². The standard InChI is InChI=1S/C26H34O5/c1-17-13-21(25(27)28)14-18(2)23(17)11-9-7-5-6-8-10-12-31-24-19(3)15-22(26(29)30)16-20(24)4/h13-16H,5-12H2,1-4H3,(H,27,28)(H,29,30). The summed E-state index contributed by atoms with van der Waals surface area (Å²) in [6.07, 6.45) is 7.69. The lowest BCUT2D eigenvalue weighted by Crippen LogP contribution is -2.04. The molecule has 0 aliphatic rings. The molecule has 2 aromatic carbocycles. The fraction of sp³-hybridized carbons (Fsp3) is 0.462. The first kappa shape index (κ1) is 24.4. The number of carboxylic acid groups (broad SMARTS) is 2. The van der Waals surface area contributed by atoms with Crippen LogP contribution in [0.25, 0.3) is 0 Å². The number of carbonyl (C=O) groups is 2. The van der Waals surface area contributed by atoms with E-state index in [1.807, 2.05) is 27.7 Å². The molecule has 2 rings (SSSR count). The molecule has 31 heavy (non-hydrogen) atoms. The van der Waals surface area contributed by atoms with Gasteiger partial charge in [0.25, 0.3) is 0 Å². The van der Waals surface area contributed by atoms with Crippen molar-refractivity contribution in [2.24, 2.45) is 0 Å². The smallest absolute Gasteiger partial charge is 0.335 e. The van der Waals surface area contributed by atoms with Crippen LogP contribution in [0.5, 0.6) is 5.75 Å². The number of hydrogen-bond acceptors (Lipinski definition) is 3. The van der Waals surface area contributed by atoms with Gasteiger partial charge in [-0.25, -0.2) is 9.59 Å². The van der Waals surface area contributed by atoms with E-state index < -0.39 is 11.9 Å². The molecule has 0 amide bonds. The molecule has 0 radical (unpaired) electrons. The lowest BCUT2D eigenvalue weighted by Gasteiger charge is -2.13. The van der Waals surface area contributed by atoms with Crippen LogP contribution >= 0.6 is 0 Å². The summed E-state index contributed by atoms with van der Waals surface area (Å²) in [5, 5.41) is 18.3. The third kappa shape index (κ3) is 7.12.